The number of fused-ring (bicyclic) bond motifs is 3. The summed E-state index contributed by atoms with van der Waals surface area (Å²) in [6, 6.07) is 22.2. The molecule has 1 amide bonds. The van der Waals surface area contributed by atoms with Crippen molar-refractivity contribution < 1.29 is 22.4 Å². The minimum atomic E-state index is -4.46. The average molecular weight is 486 g/mol. The molecule has 5 nitrogen and oxygen atoms in total. The van der Waals surface area contributed by atoms with Crippen molar-refractivity contribution in [2.24, 2.45) is 0 Å². The summed E-state index contributed by atoms with van der Waals surface area (Å²) < 4.78 is 45.3. The van der Waals surface area contributed by atoms with Crippen LogP contribution in [0.1, 0.15) is 27.7 Å². The van der Waals surface area contributed by atoms with Crippen LogP contribution in [0.15, 0.2) is 94.1 Å². The molecule has 178 valence electrons. The number of carbonyl (C=O) groups excluding carboxylic acids is 1. The van der Waals surface area contributed by atoms with Crippen LogP contribution in [-0.4, -0.2) is 5.91 Å². The van der Waals surface area contributed by atoms with E-state index in [1.807, 2.05) is 30.3 Å². The Morgan fingerprint density at radius 3 is 2.19 bits per heavy atom. The number of nitrogens with one attached hydrogen (secondary N) is 2. The van der Waals surface area contributed by atoms with Crippen LogP contribution in [0, 0.1) is 0 Å². The molecule has 36 heavy (non-hydrogen) atoms. The molecule has 6 rings (SSSR count). The summed E-state index contributed by atoms with van der Waals surface area (Å²) in [6.07, 6.45) is -5.26. The van der Waals surface area contributed by atoms with Crippen LogP contribution in [0.5, 0.6) is 0 Å². The van der Waals surface area contributed by atoms with Crippen molar-refractivity contribution in [1.82, 2.24) is 5.32 Å². The van der Waals surface area contributed by atoms with Gasteiger partial charge in [0.1, 0.15) is 17.3 Å². The molecule has 2 heterocycles. The van der Waals surface area contributed by atoms with Crippen molar-refractivity contribution in [3.8, 4) is 11.1 Å². The molecule has 1 atom stereocenters. The van der Waals surface area contributed by atoms with Crippen molar-refractivity contribution >= 4 is 33.5 Å². The number of anilines is 1. The Morgan fingerprint density at radius 2 is 1.47 bits per heavy atom. The van der Waals surface area contributed by atoms with Crippen molar-refractivity contribution in [3.05, 3.63) is 112 Å². The van der Waals surface area contributed by atoms with Crippen LogP contribution >= 0.6 is 0 Å². The molecular formula is C28H17F3N2O3. The van der Waals surface area contributed by atoms with Gasteiger partial charge in [-0.3, -0.25) is 9.59 Å². The van der Waals surface area contributed by atoms with E-state index < -0.39 is 23.8 Å². The van der Waals surface area contributed by atoms with E-state index in [1.165, 1.54) is 18.2 Å². The number of para-hydroxylation sites is 1. The maximum atomic E-state index is 13.4. The lowest BCUT2D eigenvalue weighted by Gasteiger charge is -2.30. The van der Waals surface area contributed by atoms with Crippen LogP contribution in [0.4, 0.5) is 18.9 Å². The number of carbonyl (C=O) groups is 1. The van der Waals surface area contributed by atoms with Gasteiger partial charge in [-0.15, -0.1) is 0 Å². The Balaban J connectivity index is 1.59. The van der Waals surface area contributed by atoms with Crippen LogP contribution in [0.3, 0.4) is 0 Å². The van der Waals surface area contributed by atoms with Gasteiger partial charge in [0.15, 0.2) is 0 Å². The molecule has 0 saturated heterocycles. The molecule has 5 aromatic rings. The summed E-state index contributed by atoms with van der Waals surface area (Å²) in [5, 5.41) is 6.70. The van der Waals surface area contributed by atoms with E-state index in [4.69, 9.17) is 4.42 Å². The van der Waals surface area contributed by atoms with E-state index >= 15 is 0 Å². The molecule has 0 saturated carbocycles. The number of alkyl halides is 3. The molecule has 1 unspecified atom stereocenters. The second-order valence-corrected chi connectivity index (χ2v) is 8.51. The summed E-state index contributed by atoms with van der Waals surface area (Å²) in [5.74, 6) is -0.458. The Labute approximate surface area is 202 Å². The normalized spacial score (nSPS) is 15.4. The van der Waals surface area contributed by atoms with Gasteiger partial charge >= 0.3 is 6.18 Å². The van der Waals surface area contributed by atoms with Gasteiger partial charge in [-0.05, 0) is 41.5 Å². The second-order valence-electron chi connectivity index (χ2n) is 8.51. The Morgan fingerprint density at radius 1 is 0.778 bits per heavy atom. The quantitative estimate of drug-likeness (QED) is 0.280. The number of rotatable bonds is 2. The zero-order chi connectivity index (χ0) is 25.0. The van der Waals surface area contributed by atoms with Crippen LogP contribution < -0.4 is 16.1 Å². The van der Waals surface area contributed by atoms with Gasteiger partial charge in [-0.2, -0.15) is 13.2 Å². The SMILES string of the molecule is O=C1NC(c2ccc(C(F)(F)F)cc2)Nc2c1cc1c(=O)c3ccccc3oc1c2-c1ccccc1. The largest absolute Gasteiger partial charge is 0.455 e. The first-order valence-corrected chi connectivity index (χ1v) is 11.1. The molecule has 0 radical (unpaired) electrons. The first kappa shape index (κ1) is 21.9. The number of halogens is 3. The predicted octanol–water partition coefficient (Wildman–Crippen LogP) is 6.49. The molecule has 1 aliphatic heterocycles. The summed E-state index contributed by atoms with van der Waals surface area (Å²) in [7, 11) is 0. The van der Waals surface area contributed by atoms with Gasteiger partial charge in [-0.25, -0.2) is 0 Å². The van der Waals surface area contributed by atoms with Crippen molar-refractivity contribution in [2.45, 2.75) is 12.3 Å². The van der Waals surface area contributed by atoms with E-state index in [1.54, 1.807) is 24.3 Å². The minimum absolute atomic E-state index is 0.243. The zero-order valence-electron chi connectivity index (χ0n) is 18.5. The zero-order valence-corrected chi connectivity index (χ0v) is 18.5. The number of benzene rings is 4. The lowest BCUT2D eigenvalue weighted by Crippen LogP contribution is -2.39. The standard InChI is InChI=1S/C28H17F3N2O3/c29-28(30,31)17-12-10-16(11-13-17)26-32-23-19(27(35)33-26)14-20-24(34)18-8-4-5-9-21(18)36-25(20)22(23)15-6-2-1-3-7-15/h1-14,26,32H,(H,33,35). The average Bonchev–Trinajstić information content (AvgIpc) is 2.88. The first-order chi connectivity index (χ1) is 17.3. The molecule has 0 spiro atoms. The highest BCUT2D eigenvalue weighted by Crippen LogP contribution is 2.42. The minimum Gasteiger partial charge on any atom is -0.455 e. The van der Waals surface area contributed by atoms with E-state index in [-0.39, 0.29) is 16.4 Å². The summed E-state index contributed by atoms with van der Waals surface area (Å²) in [6.45, 7) is 0. The molecule has 0 fully saturated rings. The van der Waals surface area contributed by atoms with Gasteiger partial charge in [0.2, 0.25) is 5.43 Å². The van der Waals surface area contributed by atoms with Gasteiger partial charge in [0.25, 0.3) is 5.91 Å². The Hall–Kier alpha value is -4.59. The van der Waals surface area contributed by atoms with Crippen LogP contribution in [0.2, 0.25) is 0 Å². The van der Waals surface area contributed by atoms with Crippen LogP contribution in [0.25, 0.3) is 33.1 Å². The first-order valence-electron chi connectivity index (χ1n) is 11.1. The summed E-state index contributed by atoms with van der Waals surface area (Å²) >= 11 is 0. The lowest BCUT2D eigenvalue weighted by molar-refractivity contribution is -0.137. The van der Waals surface area contributed by atoms with E-state index in [2.05, 4.69) is 10.6 Å². The molecule has 1 aromatic heterocycles. The molecule has 0 bridgehead atoms. The van der Waals surface area contributed by atoms with Crippen LogP contribution in [-0.2, 0) is 6.18 Å². The highest BCUT2D eigenvalue weighted by atomic mass is 19.4. The van der Waals surface area contributed by atoms with E-state index in [0.717, 1.165) is 12.1 Å². The van der Waals surface area contributed by atoms with Gasteiger partial charge in [0.05, 0.1) is 27.6 Å². The third kappa shape index (κ3) is 3.50. The monoisotopic (exact) mass is 486 g/mol. The van der Waals surface area contributed by atoms with Gasteiger partial charge < -0.3 is 15.1 Å². The maximum Gasteiger partial charge on any atom is 0.416 e. The Bertz CT molecular complexity index is 1710. The van der Waals surface area contributed by atoms with Crippen molar-refractivity contribution in [2.75, 3.05) is 5.32 Å². The molecule has 2 N–H and O–H groups in total. The summed E-state index contributed by atoms with van der Waals surface area (Å²) in [5.41, 5.74) is 2.05. The van der Waals surface area contributed by atoms with Gasteiger partial charge in [0, 0.05) is 5.56 Å². The maximum absolute atomic E-state index is 13.4. The highest BCUT2D eigenvalue weighted by molar-refractivity contribution is 6.13. The molecule has 0 aliphatic carbocycles. The number of amides is 1. The van der Waals surface area contributed by atoms with Crippen molar-refractivity contribution in [1.29, 1.82) is 0 Å². The highest BCUT2D eigenvalue weighted by Gasteiger charge is 2.33. The second kappa shape index (κ2) is 7.98. The summed E-state index contributed by atoms with van der Waals surface area (Å²) in [4.78, 5) is 26.6. The smallest absolute Gasteiger partial charge is 0.416 e. The fraction of sp³-hybridized carbons (Fsp3) is 0.0714. The fourth-order valence-corrected chi connectivity index (χ4v) is 4.57. The third-order valence-corrected chi connectivity index (χ3v) is 6.31. The number of hydrogen-bond acceptors (Lipinski definition) is 4. The molecular weight excluding hydrogens is 469 g/mol. The van der Waals surface area contributed by atoms with Crippen molar-refractivity contribution in [3.63, 3.8) is 0 Å². The van der Waals surface area contributed by atoms with E-state index in [9.17, 15) is 22.8 Å². The Kier molecular flexibility index (Phi) is 4.86. The topological polar surface area (TPSA) is 71.3 Å². The van der Waals surface area contributed by atoms with Gasteiger partial charge in [-0.1, -0.05) is 54.6 Å². The fourth-order valence-electron chi connectivity index (χ4n) is 4.57. The molecule has 8 heteroatoms. The third-order valence-electron chi connectivity index (χ3n) is 6.31. The molecule has 4 aromatic carbocycles. The number of hydrogen-bond donors (Lipinski definition) is 2. The molecule has 1 aliphatic rings. The van der Waals surface area contributed by atoms with E-state index in [0.29, 0.717) is 38.9 Å². The lowest BCUT2D eigenvalue weighted by atomic mass is 9.93. The predicted molar refractivity (Wildman–Crippen MR) is 131 cm³/mol.